The molecule has 8 heteroatoms. The quantitative estimate of drug-likeness (QED) is 0.0936. The van der Waals surface area contributed by atoms with E-state index in [2.05, 4.69) is 34.9 Å². The molecule has 0 radical (unpaired) electrons. The van der Waals surface area contributed by atoms with Gasteiger partial charge in [-0.1, -0.05) is 70.4 Å². The number of hydrogen-bond acceptors (Lipinski definition) is 6. The first-order valence-electron chi connectivity index (χ1n) is 16.4. The van der Waals surface area contributed by atoms with Crippen molar-refractivity contribution in [2.24, 2.45) is 0 Å². The largest absolute Gasteiger partial charge is 0.444 e. The second-order valence-electron chi connectivity index (χ2n) is 12.1. The smallest absolute Gasteiger partial charge is 0.307 e. The number of piperazine rings is 1. The second kappa shape index (κ2) is 16.2. The van der Waals surface area contributed by atoms with E-state index in [1.54, 1.807) is 28.0 Å². The molecule has 5 rings (SSSR count). The van der Waals surface area contributed by atoms with Gasteiger partial charge in [0, 0.05) is 61.0 Å². The van der Waals surface area contributed by atoms with Crippen molar-refractivity contribution in [1.29, 1.82) is 0 Å². The molecule has 6 nitrogen and oxygen atoms in total. The van der Waals surface area contributed by atoms with Gasteiger partial charge in [0.1, 0.15) is 5.82 Å². The van der Waals surface area contributed by atoms with E-state index in [-0.39, 0.29) is 24.1 Å². The van der Waals surface area contributed by atoms with Gasteiger partial charge in [0.15, 0.2) is 6.73 Å². The number of rotatable bonds is 16. The molecule has 1 fully saturated rings. The third-order valence-corrected chi connectivity index (χ3v) is 9.70. The number of unbranched alkanes of at least 4 members (excludes halogenated alkanes) is 8. The minimum atomic E-state index is -0.245. The lowest BCUT2D eigenvalue weighted by molar-refractivity contribution is -0.147. The first-order chi connectivity index (χ1) is 21.5. The molecule has 1 saturated heterocycles. The fraction of sp³-hybridized carbons (Fsp3) is 0.500. The molecule has 0 bridgehead atoms. The molecular weight excluding hydrogens is 573 g/mol. The maximum absolute atomic E-state index is 14.2. The summed E-state index contributed by atoms with van der Waals surface area (Å²) in [5.74, 6) is -0.425. The number of esters is 1. The number of nitrogens with zero attached hydrogens (tertiary/aromatic N) is 3. The van der Waals surface area contributed by atoms with Gasteiger partial charge in [-0.3, -0.25) is 19.1 Å². The van der Waals surface area contributed by atoms with Gasteiger partial charge in [-0.15, -0.1) is 11.3 Å². The lowest BCUT2D eigenvalue weighted by Gasteiger charge is -2.36. The summed E-state index contributed by atoms with van der Waals surface area (Å²) < 4.78 is 22.3. The van der Waals surface area contributed by atoms with Gasteiger partial charge in [-0.2, -0.15) is 0 Å². The summed E-state index contributed by atoms with van der Waals surface area (Å²) in [6, 6.07) is 14.9. The van der Waals surface area contributed by atoms with Gasteiger partial charge in [0.2, 0.25) is 0 Å². The minimum absolute atomic E-state index is 0.0602. The summed E-state index contributed by atoms with van der Waals surface area (Å²) in [5.41, 5.74) is 2.76. The van der Waals surface area contributed by atoms with Crippen molar-refractivity contribution >= 4 is 44.0 Å². The number of carbonyl (C=O) groups excluding carboxylic acids is 1. The van der Waals surface area contributed by atoms with E-state index < -0.39 is 0 Å². The Bertz CT molecular complexity index is 1570. The fourth-order valence-electron chi connectivity index (χ4n) is 6.19. The summed E-state index contributed by atoms with van der Waals surface area (Å²) in [5, 5.41) is 4.10. The number of thiophene rings is 1. The van der Waals surface area contributed by atoms with E-state index in [0.29, 0.717) is 6.42 Å². The van der Waals surface area contributed by atoms with Gasteiger partial charge in [0.25, 0.3) is 5.56 Å². The van der Waals surface area contributed by atoms with Crippen LogP contribution in [0.1, 0.15) is 76.7 Å². The minimum Gasteiger partial charge on any atom is -0.444 e. The maximum atomic E-state index is 14.2. The molecule has 3 heterocycles. The number of hydrogen-bond donors (Lipinski definition) is 0. The van der Waals surface area contributed by atoms with E-state index >= 15 is 0 Å². The molecule has 0 unspecified atom stereocenters. The van der Waals surface area contributed by atoms with Crippen molar-refractivity contribution < 1.29 is 13.9 Å². The van der Waals surface area contributed by atoms with Crippen LogP contribution in [0.2, 0.25) is 0 Å². The van der Waals surface area contributed by atoms with Crippen molar-refractivity contribution in [3.63, 3.8) is 0 Å². The molecule has 0 amide bonds. The predicted octanol–water partition coefficient (Wildman–Crippen LogP) is 8.14. The summed E-state index contributed by atoms with van der Waals surface area (Å²) in [6.07, 6.45) is 12.0. The Morgan fingerprint density at radius 3 is 2.39 bits per heavy atom. The number of ether oxygens (including phenoxy) is 1. The molecule has 1 aliphatic heterocycles. The number of halogens is 1. The summed E-state index contributed by atoms with van der Waals surface area (Å²) >= 11 is 1.58. The molecule has 0 aliphatic carbocycles. The Labute approximate surface area is 264 Å². The van der Waals surface area contributed by atoms with Crippen LogP contribution in [0.4, 0.5) is 10.1 Å². The average molecular weight is 620 g/mol. The van der Waals surface area contributed by atoms with Crippen molar-refractivity contribution in [3.05, 3.63) is 75.6 Å². The van der Waals surface area contributed by atoms with Crippen molar-refractivity contribution in [3.8, 4) is 0 Å². The van der Waals surface area contributed by atoms with Crippen LogP contribution < -0.4 is 10.5 Å². The summed E-state index contributed by atoms with van der Waals surface area (Å²) in [4.78, 5) is 29.9. The Kier molecular flexibility index (Phi) is 11.8. The highest BCUT2D eigenvalue weighted by atomic mass is 32.1. The molecular formula is C36H46FN3O3S. The first-order valence-corrected chi connectivity index (χ1v) is 17.3. The topological polar surface area (TPSA) is 54.8 Å². The van der Waals surface area contributed by atoms with Crippen LogP contribution in [0.15, 0.2) is 58.7 Å². The third-order valence-electron chi connectivity index (χ3n) is 8.84. The SMILES string of the molecule is CCCCCCCCCCCC(=O)OCn1c(=O)ccc2ccc(CCN3CCN(c4cc(F)cc5sccc45)CC3)cc21. The lowest BCUT2D eigenvalue weighted by atomic mass is 10.1. The van der Waals surface area contributed by atoms with Crippen LogP contribution in [-0.4, -0.2) is 48.2 Å². The monoisotopic (exact) mass is 619 g/mol. The number of pyridine rings is 1. The van der Waals surface area contributed by atoms with Gasteiger partial charge >= 0.3 is 5.97 Å². The second-order valence-corrected chi connectivity index (χ2v) is 13.0. The van der Waals surface area contributed by atoms with Crippen LogP contribution in [0, 0.1) is 5.82 Å². The zero-order valence-corrected chi connectivity index (χ0v) is 26.9. The molecule has 2 aromatic heterocycles. The normalized spacial score (nSPS) is 14.1. The van der Waals surface area contributed by atoms with E-state index in [1.165, 1.54) is 44.6 Å². The molecule has 0 N–H and O–H groups in total. The molecule has 236 valence electrons. The van der Waals surface area contributed by atoms with Crippen molar-refractivity contribution in [1.82, 2.24) is 9.47 Å². The number of benzene rings is 2. The third kappa shape index (κ3) is 8.69. The fourth-order valence-corrected chi connectivity index (χ4v) is 7.02. The Balaban J connectivity index is 1.09. The van der Waals surface area contributed by atoms with Crippen LogP contribution in [0.3, 0.4) is 0 Å². The zero-order valence-electron chi connectivity index (χ0n) is 26.1. The van der Waals surface area contributed by atoms with Crippen LogP contribution in [-0.2, 0) is 22.7 Å². The van der Waals surface area contributed by atoms with Crippen LogP contribution in [0.5, 0.6) is 0 Å². The first kappa shape index (κ1) is 32.2. The molecule has 4 aromatic rings. The van der Waals surface area contributed by atoms with E-state index in [4.69, 9.17) is 4.74 Å². The Morgan fingerprint density at radius 1 is 0.886 bits per heavy atom. The van der Waals surface area contributed by atoms with Crippen molar-refractivity contribution in [2.75, 3.05) is 37.6 Å². The summed E-state index contributed by atoms with van der Waals surface area (Å²) in [7, 11) is 0. The van der Waals surface area contributed by atoms with Crippen molar-refractivity contribution in [2.45, 2.75) is 84.3 Å². The van der Waals surface area contributed by atoms with Crippen LogP contribution >= 0.6 is 11.3 Å². The van der Waals surface area contributed by atoms with Gasteiger partial charge in [-0.25, -0.2) is 4.39 Å². The van der Waals surface area contributed by atoms with Crippen LogP contribution in [0.25, 0.3) is 21.0 Å². The molecule has 0 spiro atoms. The molecule has 1 aliphatic rings. The highest BCUT2D eigenvalue weighted by Crippen LogP contribution is 2.32. The molecule has 0 saturated carbocycles. The Hall–Kier alpha value is -3.23. The maximum Gasteiger partial charge on any atom is 0.307 e. The molecule has 2 aromatic carbocycles. The lowest BCUT2D eigenvalue weighted by Crippen LogP contribution is -2.47. The highest BCUT2D eigenvalue weighted by Gasteiger charge is 2.20. The average Bonchev–Trinajstić information content (AvgIpc) is 3.51. The number of carbonyl (C=O) groups is 1. The van der Waals surface area contributed by atoms with E-state index in [9.17, 15) is 14.0 Å². The van der Waals surface area contributed by atoms with Gasteiger partial charge < -0.3 is 9.64 Å². The standard InChI is InChI=1S/C36H46FN3O3S/c1-2-3-4-5-6-7-8-9-10-11-36(42)43-27-40-32-24-28(12-13-29(32)14-15-35(40)41)16-18-38-19-21-39(22-20-38)33-25-30(37)26-34-31(33)17-23-44-34/h12-15,17,23-26H,2-11,16,18-22,27H2,1H3. The predicted molar refractivity (Wildman–Crippen MR) is 180 cm³/mol. The van der Waals surface area contributed by atoms with Gasteiger partial charge in [-0.05, 0) is 59.5 Å². The van der Waals surface area contributed by atoms with E-state index in [0.717, 1.165) is 90.6 Å². The molecule has 44 heavy (non-hydrogen) atoms. The Morgan fingerprint density at radius 2 is 1.61 bits per heavy atom. The van der Waals surface area contributed by atoms with E-state index in [1.807, 2.05) is 17.5 Å². The number of aromatic nitrogens is 1. The zero-order chi connectivity index (χ0) is 30.7. The molecule has 0 atom stereocenters. The highest BCUT2D eigenvalue weighted by molar-refractivity contribution is 7.17. The number of anilines is 1. The van der Waals surface area contributed by atoms with Gasteiger partial charge in [0.05, 0.1) is 5.52 Å². The summed E-state index contributed by atoms with van der Waals surface area (Å²) in [6.45, 7) is 6.62. The number of fused-ring (bicyclic) bond motifs is 2.